The van der Waals surface area contributed by atoms with E-state index in [9.17, 15) is 14.4 Å². The largest absolute Gasteiger partial charge is 0.497 e. The van der Waals surface area contributed by atoms with Crippen molar-refractivity contribution in [3.8, 4) is 11.5 Å². The summed E-state index contributed by atoms with van der Waals surface area (Å²) in [5.74, 6) is -0.387. The average molecular weight is 352 g/mol. The quantitative estimate of drug-likeness (QED) is 0.599. The molecule has 25 heavy (non-hydrogen) atoms. The second-order valence-electron chi connectivity index (χ2n) is 5.21. The number of hydrogen-bond donors (Lipinski definition) is 2. The lowest BCUT2D eigenvalue weighted by Gasteiger charge is -2.14. The van der Waals surface area contributed by atoms with Crippen LogP contribution in [0.3, 0.4) is 0 Å². The zero-order valence-electron chi connectivity index (χ0n) is 14.7. The van der Waals surface area contributed by atoms with Crippen molar-refractivity contribution < 1.29 is 28.6 Å². The average Bonchev–Trinajstić information content (AvgIpc) is 2.62. The molecule has 0 saturated heterocycles. The van der Waals surface area contributed by atoms with Gasteiger partial charge in [-0.25, -0.2) is 4.79 Å². The van der Waals surface area contributed by atoms with Crippen molar-refractivity contribution in [1.29, 1.82) is 0 Å². The van der Waals surface area contributed by atoms with E-state index in [1.807, 2.05) is 6.92 Å². The van der Waals surface area contributed by atoms with Crippen LogP contribution in [0.1, 0.15) is 20.3 Å². The molecule has 0 aliphatic carbocycles. The minimum Gasteiger partial charge on any atom is -0.497 e. The van der Waals surface area contributed by atoms with Crippen LogP contribution < -0.4 is 20.1 Å². The molecule has 0 aliphatic rings. The number of nitrogens with one attached hydrogen (secondary N) is 2. The number of ether oxygens (including phenoxy) is 3. The smallest absolute Gasteiger partial charge is 0.344 e. The first-order valence-corrected chi connectivity index (χ1v) is 7.95. The highest BCUT2D eigenvalue weighted by atomic mass is 16.6. The molecule has 0 saturated carbocycles. The van der Waals surface area contributed by atoms with Crippen LogP contribution in [0.25, 0.3) is 0 Å². The van der Waals surface area contributed by atoms with Crippen molar-refractivity contribution in [2.75, 3.05) is 26.9 Å². The fraction of sp³-hybridized carbons (Fsp3) is 0.471. The molecule has 0 spiro atoms. The summed E-state index contributed by atoms with van der Waals surface area (Å²) in [6.45, 7) is 3.22. The summed E-state index contributed by atoms with van der Waals surface area (Å²) in [7, 11) is 1.55. The van der Waals surface area contributed by atoms with Gasteiger partial charge in [0.1, 0.15) is 17.5 Å². The molecule has 8 nitrogen and oxygen atoms in total. The summed E-state index contributed by atoms with van der Waals surface area (Å²) in [6.07, 6.45) is 0.804. The summed E-state index contributed by atoms with van der Waals surface area (Å²) in [5, 5.41) is 5.11. The van der Waals surface area contributed by atoms with Crippen molar-refractivity contribution in [2.24, 2.45) is 0 Å². The molecule has 0 bridgehead atoms. The number of esters is 1. The first-order chi connectivity index (χ1) is 12.0. The molecule has 0 heterocycles. The minimum absolute atomic E-state index is 0.288. The Hall–Kier alpha value is -2.77. The predicted octanol–water partition coefficient (Wildman–Crippen LogP) is 0.648. The molecular formula is C17H24N2O6. The van der Waals surface area contributed by atoms with Gasteiger partial charge in [0, 0.05) is 6.54 Å². The van der Waals surface area contributed by atoms with E-state index in [4.69, 9.17) is 14.2 Å². The zero-order chi connectivity index (χ0) is 18.7. The number of benzene rings is 1. The molecule has 1 atom stereocenters. The van der Waals surface area contributed by atoms with E-state index >= 15 is 0 Å². The molecule has 0 unspecified atom stereocenters. The second-order valence-corrected chi connectivity index (χ2v) is 5.21. The first kappa shape index (κ1) is 20.3. The Kier molecular flexibility index (Phi) is 8.84. The van der Waals surface area contributed by atoms with Crippen molar-refractivity contribution in [3.05, 3.63) is 24.3 Å². The van der Waals surface area contributed by atoms with Gasteiger partial charge in [-0.3, -0.25) is 9.59 Å². The lowest BCUT2D eigenvalue weighted by Crippen LogP contribution is -2.46. The molecule has 2 amide bonds. The maximum absolute atomic E-state index is 11.7. The van der Waals surface area contributed by atoms with E-state index in [-0.39, 0.29) is 12.5 Å². The van der Waals surface area contributed by atoms with E-state index in [2.05, 4.69) is 10.6 Å². The van der Waals surface area contributed by atoms with Crippen LogP contribution in [0.4, 0.5) is 0 Å². The van der Waals surface area contributed by atoms with E-state index in [0.29, 0.717) is 18.0 Å². The highest BCUT2D eigenvalue weighted by Crippen LogP contribution is 2.16. The van der Waals surface area contributed by atoms with Crippen LogP contribution in [0.2, 0.25) is 0 Å². The molecule has 0 aromatic heterocycles. The van der Waals surface area contributed by atoms with E-state index in [1.54, 1.807) is 38.3 Å². The molecule has 0 fully saturated rings. The van der Waals surface area contributed by atoms with Crippen LogP contribution in [-0.2, 0) is 19.1 Å². The maximum atomic E-state index is 11.7. The molecule has 1 rings (SSSR count). The summed E-state index contributed by atoms with van der Waals surface area (Å²) in [5.41, 5.74) is 0. The van der Waals surface area contributed by atoms with Gasteiger partial charge in [0.05, 0.1) is 7.11 Å². The SMILES string of the molecule is CCCNC(=O)[C@H](C)NC(=O)COC(=O)COc1ccc(OC)cc1. The Morgan fingerprint density at radius 1 is 1.08 bits per heavy atom. The zero-order valence-corrected chi connectivity index (χ0v) is 14.7. The number of carbonyl (C=O) groups is 3. The lowest BCUT2D eigenvalue weighted by atomic mass is 10.3. The normalized spacial score (nSPS) is 11.2. The highest BCUT2D eigenvalue weighted by molar-refractivity contribution is 5.88. The Balaban J connectivity index is 2.25. The summed E-state index contributed by atoms with van der Waals surface area (Å²) < 4.78 is 15.0. The van der Waals surface area contributed by atoms with Gasteiger partial charge in [-0.15, -0.1) is 0 Å². The molecular weight excluding hydrogens is 328 g/mol. The third kappa shape index (κ3) is 8.05. The fourth-order valence-corrected chi connectivity index (χ4v) is 1.75. The third-order valence-corrected chi connectivity index (χ3v) is 3.10. The number of methoxy groups -OCH3 is 1. The highest BCUT2D eigenvalue weighted by Gasteiger charge is 2.16. The number of hydrogen-bond acceptors (Lipinski definition) is 6. The van der Waals surface area contributed by atoms with Gasteiger partial charge in [-0.1, -0.05) is 6.92 Å². The van der Waals surface area contributed by atoms with E-state index < -0.39 is 24.5 Å². The number of rotatable bonds is 10. The predicted molar refractivity (Wildman–Crippen MR) is 90.4 cm³/mol. The van der Waals surface area contributed by atoms with Gasteiger partial charge in [0.25, 0.3) is 5.91 Å². The second kappa shape index (κ2) is 10.9. The molecule has 0 aliphatic heterocycles. The van der Waals surface area contributed by atoms with Crippen LogP contribution in [0.15, 0.2) is 24.3 Å². The number of carbonyl (C=O) groups excluding carboxylic acids is 3. The molecule has 138 valence electrons. The molecule has 1 aromatic rings. The van der Waals surface area contributed by atoms with Gasteiger partial charge >= 0.3 is 5.97 Å². The molecule has 0 radical (unpaired) electrons. The van der Waals surface area contributed by atoms with E-state index in [0.717, 1.165) is 6.42 Å². The van der Waals surface area contributed by atoms with Crippen molar-refractivity contribution >= 4 is 17.8 Å². The minimum atomic E-state index is -0.701. The van der Waals surface area contributed by atoms with Gasteiger partial charge in [-0.2, -0.15) is 0 Å². The third-order valence-electron chi connectivity index (χ3n) is 3.10. The molecule has 2 N–H and O–H groups in total. The molecule has 8 heteroatoms. The van der Waals surface area contributed by atoms with Gasteiger partial charge in [0.15, 0.2) is 13.2 Å². The Morgan fingerprint density at radius 3 is 2.32 bits per heavy atom. The van der Waals surface area contributed by atoms with Gasteiger partial charge in [-0.05, 0) is 37.6 Å². The Morgan fingerprint density at radius 2 is 1.72 bits per heavy atom. The topological polar surface area (TPSA) is 103 Å². The van der Waals surface area contributed by atoms with Crippen LogP contribution >= 0.6 is 0 Å². The van der Waals surface area contributed by atoms with Crippen LogP contribution in [0, 0.1) is 0 Å². The van der Waals surface area contributed by atoms with Crippen molar-refractivity contribution in [2.45, 2.75) is 26.3 Å². The van der Waals surface area contributed by atoms with Gasteiger partial charge < -0.3 is 24.8 Å². The van der Waals surface area contributed by atoms with Gasteiger partial charge in [0.2, 0.25) is 5.91 Å². The van der Waals surface area contributed by atoms with Crippen LogP contribution in [-0.4, -0.2) is 50.7 Å². The fourth-order valence-electron chi connectivity index (χ4n) is 1.75. The summed E-state index contributed by atoms with van der Waals surface area (Å²) >= 11 is 0. The van der Waals surface area contributed by atoms with E-state index in [1.165, 1.54) is 0 Å². The van der Waals surface area contributed by atoms with Crippen molar-refractivity contribution in [1.82, 2.24) is 10.6 Å². The monoisotopic (exact) mass is 352 g/mol. The van der Waals surface area contributed by atoms with Crippen LogP contribution in [0.5, 0.6) is 11.5 Å². The van der Waals surface area contributed by atoms with Crippen molar-refractivity contribution in [3.63, 3.8) is 0 Å². The Labute approximate surface area is 146 Å². The maximum Gasteiger partial charge on any atom is 0.344 e. The number of amides is 2. The molecule has 1 aromatic carbocycles. The standard InChI is InChI=1S/C17H24N2O6/c1-4-9-18-17(22)12(2)19-15(20)10-25-16(21)11-24-14-7-5-13(23-3)6-8-14/h5-8,12H,4,9-11H2,1-3H3,(H,18,22)(H,19,20)/t12-/m0/s1. The lowest BCUT2D eigenvalue weighted by molar-refractivity contribution is -0.150. The summed E-state index contributed by atoms with van der Waals surface area (Å²) in [4.78, 5) is 34.8. The Bertz CT molecular complexity index is 573. The first-order valence-electron chi connectivity index (χ1n) is 7.95. The summed E-state index contributed by atoms with van der Waals surface area (Å²) in [6, 6.07) is 5.98.